The summed E-state index contributed by atoms with van der Waals surface area (Å²) in [7, 11) is 0. The average Bonchev–Trinajstić information content (AvgIpc) is 2.52. The minimum atomic E-state index is -0.842. The lowest BCUT2D eigenvalue weighted by Gasteiger charge is -2.20. The molecule has 0 aromatic heterocycles. The Kier molecular flexibility index (Phi) is 84.8. The molecule has 0 aliphatic rings. The second kappa shape index (κ2) is 86.5. The second-order valence-corrected chi connectivity index (χ2v) is 30.9. The summed E-state index contributed by atoms with van der Waals surface area (Å²) in [5.41, 5.74) is 0. The number of aliphatic hydroxyl groups excluding tert-OH is 2. The molecule has 0 rings (SSSR count). The average molecular weight is 1360 g/mol. The van der Waals surface area contributed by atoms with Crippen LogP contribution in [-0.4, -0.2) is 47.4 Å². The molecule has 6 heteroatoms. The van der Waals surface area contributed by atoms with Gasteiger partial charge in [0.25, 0.3) is 0 Å². The Morgan fingerprint density at radius 1 is 0.289 bits per heavy atom. The van der Waals surface area contributed by atoms with Crippen LogP contribution in [0.1, 0.15) is 508 Å². The molecule has 0 aliphatic heterocycles. The highest BCUT2D eigenvalue weighted by molar-refractivity contribution is 5.76. The zero-order chi connectivity index (χ0) is 69.8. The van der Waals surface area contributed by atoms with Crippen molar-refractivity contribution in [3.8, 4) is 0 Å². The fourth-order valence-electron chi connectivity index (χ4n) is 14.4. The van der Waals surface area contributed by atoms with Gasteiger partial charge in [0, 0.05) is 12.8 Å². The summed E-state index contributed by atoms with van der Waals surface area (Å²) in [6, 6.07) is -0.625. The molecule has 0 spiro atoms. The number of carbonyl (C=O) groups excluding carboxylic acids is 2. The fraction of sp³-hybridized carbons (Fsp3) is 0.912. The normalized spacial score (nSPS) is 12.6. The molecule has 0 fully saturated rings. The number of esters is 1. The van der Waals surface area contributed by atoms with Crippen molar-refractivity contribution >= 4 is 11.9 Å². The van der Waals surface area contributed by atoms with Crippen LogP contribution in [0.3, 0.4) is 0 Å². The zero-order valence-corrected chi connectivity index (χ0v) is 66.1. The van der Waals surface area contributed by atoms with Gasteiger partial charge in [-0.2, -0.15) is 0 Å². The van der Waals surface area contributed by atoms with Crippen LogP contribution < -0.4 is 5.32 Å². The lowest BCUT2D eigenvalue weighted by Crippen LogP contribution is -2.45. The number of amides is 1. The van der Waals surface area contributed by atoms with E-state index < -0.39 is 12.1 Å². The van der Waals surface area contributed by atoms with Crippen molar-refractivity contribution in [3.05, 3.63) is 36.5 Å². The van der Waals surface area contributed by atoms with Gasteiger partial charge < -0.3 is 20.3 Å². The number of allylic oxidation sites excluding steroid dienone is 5. The maximum absolute atomic E-state index is 12.6. The molecule has 0 saturated heterocycles. The molecule has 3 N–H and O–H groups in total. The molecule has 0 heterocycles. The fourth-order valence-corrected chi connectivity index (χ4v) is 14.4. The monoisotopic (exact) mass is 1360 g/mol. The van der Waals surface area contributed by atoms with Gasteiger partial charge >= 0.3 is 5.97 Å². The van der Waals surface area contributed by atoms with E-state index in [2.05, 4.69) is 43.5 Å². The summed E-state index contributed by atoms with van der Waals surface area (Å²) in [6.45, 7) is 4.95. The summed E-state index contributed by atoms with van der Waals surface area (Å²) in [5, 5.41) is 23.3. The highest BCUT2D eigenvalue weighted by Crippen LogP contribution is 2.21. The predicted octanol–water partition coefficient (Wildman–Crippen LogP) is 30.1. The van der Waals surface area contributed by atoms with Gasteiger partial charge in [0.1, 0.15) is 0 Å². The predicted molar refractivity (Wildman–Crippen MR) is 430 cm³/mol. The van der Waals surface area contributed by atoms with Crippen LogP contribution in [0, 0.1) is 0 Å². The maximum atomic E-state index is 12.6. The third kappa shape index (κ3) is 82.9. The molecule has 0 radical (unpaired) electrons. The van der Waals surface area contributed by atoms with Gasteiger partial charge in [-0.1, -0.05) is 468 Å². The zero-order valence-electron chi connectivity index (χ0n) is 66.1. The Morgan fingerprint density at radius 3 is 0.794 bits per heavy atom. The van der Waals surface area contributed by atoms with Crippen molar-refractivity contribution in [1.82, 2.24) is 5.32 Å². The van der Waals surface area contributed by atoms with Crippen LogP contribution in [0.2, 0.25) is 0 Å². The number of carbonyl (C=O) groups is 2. The first kappa shape index (κ1) is 95.1. The van der Waals surface area contributed by atoms with Crippen molar-refractivity contribution in [1.29, 1.82) is 0 Å². The Morgan fingerprint density at radius 2 is 0.515 bits per heavy atom. The van der Waals surface area contributed by atoms with E-state index in [4.69, 9.17) is 4.74 Å². The molecular weight excluding hydrogens is 1190 g/mol. The van der Waals surface area contributed by atoms with E-state index in [9.17, 15) is 19.8 Å². The number of hydrogen-bond acceptors (Lipinski definition) is 5. The Labute approximate surface area is 608 Å². The van der Waals surface area contributed by atoms with Gasteiger partial charge in [-0.3, -0.25) is 9.59 Å². The SMILES string of the molecule is CCCCCC/C=C\C/C=C\CCCCCCCCCC(=O)OCCCCCCCCCCCCCCCCCCCCCCCCCCCCCCCCCCCCCCCCCC(=O)NC(CO)C(O)/C=C/CCCCCCCCCCCCCCCCCCCCCCC. The molecule has 0 aromatic rings. The van der Waals surface area contributed by atoms with Crippen LogP contribution in [0.5, 0.6) is 0 Å². The Hall–Kier alpha value is -1.92. The van der Waals surface area contributed by atoms with Crippen LogP contribution >= 0.6 is 0 Å². The number of rotatable bonds is 85. The molecule has 0 saturated carbocycles. The van der Waals surface area contributed by atoms with E-state index in [0.29, 0.717) is 19.4 Å². The molecule has 0 aromatic carbocycles. The third-order valence-corrected chi connectivity index (χ3v) is 21.2. The minimum Gasteiger partial charge on any atom is -0.466 e. The van der Waals surface area contributed by atoms with E-state index in [0.717, 1.165) is 51.4 Å². The van der Waals surface area contributed by atoms with Crippen LogP contribution in [-0.2, 0) is 14.3 Å². The van der Waals surface area contributed by atoms with E-state index in [1.165, 1.54) is 430 Å². The minimum absolute atomic E-state index is 0.0175. The van der Waals surface area contributed by atoms with Crippen molar-refractivity contribution in [2.75, 3.05) is 13.2 Å². The first-order valence-corrected chi connectivity index (χ1v) is 44.8. The summed E-state index contributed by atoms with van der Waals surface area (Å²) in [5.74, 6) is -0.0388. The Balaban J connectivity index is 3.32. The largest absolute Gasteiger partial charge is 0.466 e. The molecule has 574 valence electrons. The number of aliphatic hydroxyl groups is 2. The highest BCUT2D eigenvalue weighted by atomic mass is 16.5. The van der Waals surface area contributed by atoms with Gasteiger partial charge in [-0.15, -0.1) is 0 Å². The van der Waals surface area contributed by atoms with Gasteiger partial charge in [0.2, 0.25) is 5.91 Å². The number of unbranched alkanes of at least 4 members (excludes halogenated alkanes) is 70. The summed E-state index contributed by atoms with van der Waals surface area (Å²) >= 11 is 0. The number of nitrogens with one attached hydrogen (secondary N) is 1. The van der Waals surface area contributed by atoms with Gasteiger partial charge in [0.05, 0.1) is 25.4 Å². The topological polar surface area (TPSA) is 95.9 Å². The molecule has 1 amide bonds. The van der Waals surface area contributed by atoms with Gasteiger partial charge in [-0.05, 0) is 64.2 Å². The molecule has 6 nitrogen and oxygen atoms in total. The molecule has 2 atom stereocenters. The van der Waals surface area contributed by atoms with E-state index in [-0.39, 0.29) is 18.5 Å². The van der Waals surface area contributed by atoms with E-state index >= 15 is 0 Å². The van der Waals surface area contributed by atoms with Crippen LogP contribution in [0.15, 0.2) is 36.5 Å². The number of hydrogen-bond donors (Lipinski definition) is 3. The van der Waals surface area contributed by atoms with Gasteiger partial charge in [0.15, 0.2) is 0 Å². The van der Waals surface area contributed by atoms with Crippen molar-refractivity contribution in [2.45, 2.75) is 520 Å². The molecule has 0 bridgehead atoms. The second-order valence-electron chi connectivity index (χ2n) is 30.9. The first-order chi connectivity index (χ1) is 48.0. The van der Waals surface area contributed by atoms with E-state index in [1.807, 2.05) is 6.08 Å². The third-order valence-electron chi connectivity index (χ3n) is 21.2. The lowest BCUT2D eigenvalue weighted by molar-refractivity contribution is -0.143. The van der Waals surface area contributed by atoms with Crippen LogP contribution in [0.4, 0.5) is 0 Å². The number of ether oxygens (including phenoxy) is 1. The van der Waals surface area contributed by atoms with Crippen molar-refractivity contribution in [3.63, 3.8) is 0 Å². The molecular formula is C91H175NO5. The van der Waals surface area contributed by atoms with E-state index in [1.54, 1.807) is 6.08 Å². The quantitative estimate of drug-likeness (QED) is 0.0320. The summed E-state index contributed by atoms with van der Waals surface area (Å²) < 4.78 is 5.52. The molecule has 2 unspecified atom stereocenters. The standard InChI is InChI=1S/C91H175NO5/c1-3-5-7-9-11-13-15-17-19-21-23-24-42-45-48-51-55-59-63-67-71-75-79-83-89(94)88(87-93)92-90(95)84-80-76-72-68-64-60-56-52-49-46-43-40-38-36-34-32-30-28-26-25-27-29-31-33-35-37-39-41-44-47-50-54-58-62-66-70-74-78-82-86-97-91(96)85-81-77-73-69-65-61-57-53-22-20-18-16-14-12-10-8-6-4-2/h14,16,20,22,79,83,88-89,93-94H,3-13,15,17-19,21,23-78,80-82,84-87H2,1-2H3,(H,92,95)/b16-14-,22-20-,83-79+. The van der Waals surface area contributed by atoms with Crippen molar-refractivity contribution < 1.29 is 24.5 Å². The molecule has 97 heavy (non-hydrogen) atoms. The molecule has 0 aliphatic carbocycles. The van der Waals surface area contributed by atoms with Gasteiger partial charge in [-0.25, -0.2) is 0 Å². The summed E-state index contributed by atoms with van der Waals surface area (Å²) in [6.07, 6.45) is 115. The van der Waals surface area contributed by atoms with Crippen molar-refractivity contribution in [2.24, 2.45) is 0 Å². The lowest BCUT2D eigenvalue weighted by atomic mass is 10.0. The van der Waals surface area contributed by atoms with Crippen LogP contribution in [0.25, 0.3) is 0 Å². The highest BCUT2D eigenvalue weighted by Gasteiger charge is 2.18. The Bertz CT molecular complexity index is 1570. The summed E-state index contributed by atoms with van der Waals surface area (Å²) in [4.78, 5) is 24.7. The first-order valence-electron chi connectivity index (χ1n) is 44.8. The smallest absolute Gasteiger partial charge is 0.305 e. The maximum Gasteiger partial charge on any atom is 0.305 e.